The lowest BCUT2D eigenvalue weighted by molar-refractivity contribution is -0.117. The van der Waals surface area contributed by atoms with Crippen LogP contribution in [0, 0.1) is 11.8 Å². The highest BCUT2D eigenvalue weighted by molar-refractivity contribution is 7.89. The molecule has 0 radical (unpaired) electrons. The zero-order valence-electron chi connectivity index (χ0n) is 16.7. The van der Waals surface area contributed by atoms with E-state index in [1.165, 1.54) is 22.9 Å². The summed E-state index contributed by atoms with van der Waals surface area (Å²) in [5.74, 6) is 0.965. The SMILES string of the molecule is C[C@@H]1C[C@@H](C)CN(CC(=O)Nc2cc(S(=O)(=O)N3CCCCC3)ccc2Cl)C1. The van der Waals surface area contributed by atoms with Gasteiger partial charge < -0.3 is 5.32 Å². The Labute approximate surface area is 173 Å². The zero-order chi connectivity index (χ0) is 20.3. The second kappa shape index (κ2) is 9.11. The fraction of sp³-hybridized carbons (Fsp3) is 0.650. The number of nitrogens with one attached hydrogen (secondary N) is 1. The largest absolute Gasteiger partial charge is 0.324 e. The first kappa shape index (κ1) is 21.6. The summed E-state index contributed by atoms with van der Waals surface area (Å²) in [5.41, 5.74) is 0.350. The molecule has 156 valence electrons. The van der Waals surface area contributed by atoms with E-state index in [9.17, 15) is 13.2 Å². The van der Waals surface area contributed by atoms with Crippen LogP contribution in [0.5, 0.6) is 0 Å². The lowest BCUT2D eigenvalue weighted by Gasteiger charge is -2.34. The second-order valence-electron chi connectivity index (χ2n) is 8.29. The molecular formula is C20H30ClN3O3S. The van der Waals surface area contributed by atoms with Gasteiger partial charge in [0.2, 0.25) is 15.9 Å². The van der Waals surface area contributed by atoms with E-state index in [0.29, 0.717) is 35.6 Å². The fourth-order valence-corrected chi connectivity index (χ4v) is 6.04. The van der Waals surface area contributed by atoms with Crippen LogP contribution in [-0.4, -0.2) is 56.3 Å². The molecule has 0 bridgehead atoms. The minimum atomic E-state index is -3.57. The van der Waals surface area contributed by atoms with Crippen LogP contribution in [0.15, 0.2) is 23.1 Å². The lowest BCUT2D eigenvalue weighted by Crippen LogP contribution is -2.42. The number of carbonyl (C=O) groups is 1. The van der Waals surface area contributed by atoms with Gasteiger partial charge in [0.15, 0.2) is 0 Å². The Balaban J connectivity index is 1.70. The van der Waals surface area contributed by atoms with E-state index in [4.69, 9.17) is 11.6 Å². The molecular weight excluding hydrogens is 398 g/mol. The van der Waals surface area contributed by atoms with E-state index >= 15 is 0 Å². The summed E-state index contributed by atoms with van der Waals surface area (Å²) in [6.07, 6.45) is 3.99. The first-order valence-corrected chi connectivity index (χ1v) is 11.9. The topological polar surface area (TPSA) is 69.7 Å². The summed E-state index contributed by atoms with van der Waals surface area (Å²) in [5, 5.41) is 3.15. The van der Waals surface area contributed by atoms with Crippen molar-refractivity contribution >= 4 is 33.2 Å². The Morgan fingerprint density at radius 3 is 2.43 bits per heavy atom. The summed E-state index contributed by atoms with van der Waals surface area (Å²) in [7, 11) is -3.57. The Hall–Kier alpha value is -1.15. The maximum atomic E-state index is 12.9. The standard InChI is InChI=1S/C20H30ClN3O3S/c1-15-10-16(2)13-23(12-15)14-20(25)22-19-11-17(6-7-18(19)21)28(26,27)24-8-4-3-5-9-24/h6-7,11,15-16H,3-5,8-10,12-14H2,1-2H3,(H,22,25)/t15-,16-/m1/s1. The summed E-state index contributed by atoms with van der Waals surface area (Å²) >= 11 is 6.23. The van der Waals surface area contributed by atoms with Crippen molar-refractivity contribution < 1.29 is 13.2 Å². The normalized spacial score (nSPS) is 24.8. The first-order valence-electron chi connectivity index (χ1n) is 10.1. The molecule has 2 saturated heterocycles. The van der Waals surface area contributed by atoms with E-state index in [-0.39, 0.29) is 17.3 Å². The molecule has 0 saturated carbocycles. The van der Waals surface area contributed by atoms with Gasteiger partial charge in [0.25, 0.3) is 0 Å². The number of likely N-dealkylation sites (tertiary alicyclic amines) is 1. The number of hydrogen-bond acceptors (Lipinski definition) is 4. The van der Waals surface area contributed by atoms with Crippen molar-refractivity contribution in [2.24, 2.45) is 11.8 Å². The van der Waals surface area contributed by atoms with Crippen LogP contribution < -0.4 is 5.32 Å². The van der Waals surface area contributed by atoms with E-state index in [2.05, 4.69) is 24.1 Å². The smallest absolute Gasteiger partial charge is 0.243 e. The second-order valence-corrected chi connectivity index (χ2v) is 10.6. The highest BCUT2D eigenvalue weighted by atomic mass is 35.5. The summed E-state index contributed by atoms with van der Waals surface area (Å²) in [6.45, 7) is 7.56. The number of hydrogen-bond donors (Lipinski definition) is 1. The molecule has 3 rings (SSSR count). The van der Waals surface area contributed by atoms with E-state index in [0.717, 1.165) is 32.4 Å². The molecule has 1 N–H and O–H groups in total. The van der Waals surface area contributed by atoms with Gasteiger partial charge in [-0.15, -0.1) is 0 Å². The van der Waals surface area contributed by atoms with Crippen molar-refractivity contribution in [2.45, 2.75) is 44.4 Å². The van der Waals surface area contributed by atoms with Crippen molar-refractivity contribution in [3.8, 4) is 0 Å². The van der Waals surface area contributed by atoms with Crippen molar-refractivity contribution in [2.75, 3.05) is 38.0 Å². The van der Waals surface area contributed by atoms with Crippen LogP contribution >= 0.6 is 11.6 Å². The van der Waals surface area contributed by atoms with Crippen molar-refractivity contribution in [3.63, 3.8) is 0 Å². The van der Waals surface area contributed by atoms with Crippen LogP contribution in [0.1, 0.15) is 39.5 Å². The quantitative estimate of drug-likeness (QED) is 0.781. The Kier molecular flexibility index (Phi) is 7.02. The molecule has 2 fully saturated rings. The van der Waals surface area contributed by atoms with Crippen LogP contribution in [0.3, 0.4) is 0 Å². The first-order chi connectivity index (χ1) is 13.3. The number of anilines is 1. The maximum absolute atomic E-state index is 12.9. The zero-order valence-corrected chi connectivity index (χ0v) is 18.2. The predicted octanol–water partition coefficient (Wildman–Crippen LogP) is 3.43. The van der Waals surface area contributed by atoms with Gasteiger partial charge in [-0.3, -0.25) is 9.69 Å². The number of rotatable bonds is 5. The number of halogens is 1. The molecule has 1 amide bonds. The molecule has 0 spiro atoms. The highest BCUT2D eigenvalue weighted by Gasteiger charge is 2.27. The maximum Gasteiger partial charge on any atom is 0.243 e. The molecule has 1 aromatic rings. The molecule has 0 aliphatic carbocycles. The highest BCUT2D eigenvalue weighted by Crippen LogP contribution is 2.28. The van der Waals surface area contributed by atoms with Crippen molar-refractivity contribution in [3.05, 3.63) is 23.2 Å². The Bertz CT molecular complexity index is 799. The number of sulfonamides is 1. The van der Waals surface area contributed by atoms with Crippen molar-refractivity contribution in [1.29, 1.82) is 0 Å². The minimum Gasteiger partial charge on any atom is -0.324 e. The minimum absolute atomic E-state index is 0.171. The molecule has 2 atom stereocenters. The molecule has 6 nitrogen and oxygen atoms in total. The molecule has 0 aromatic heterocycles. The van der Waals surface area contributed by atoms with Gasteiger partial charge >= 0.3 is 0 Å². The summed E-state index contributed by atoms with van der Waals surface area (Å²) in [6, 6.07) is 4.53. The van der Waals surface area contributed by atoms with Gasteiger partial charge in [0.05, 0.1) is 22.2 Å². The van der Waals surface area contributed by atoms with Gasteiger partial charge in [0, 0.05) is 26.2 Å². The number of amides is 1. The summed E-state index contributed by atoms with van der Waals surface area (Å²) in [4.78, 5) is 14.9. The average Bonchev–Trinajstić information content (AvgIpc) is 2.63. The van der Waals surface area contributed by atoms with Crippen molar-refractivity contribution in [1.82, 2.24) is 9.21 Å². The predicted molar refractivity (Wildman–Crippen MR) is 112 cm³/mol. The third-order valence-electron chi connectivity index (χ3n) is 5.48. The van der Waals surface area contributed by atoms with Gasteiger partial charge in [-0.2, -0.15) is 4.31 Å². The monoisotopic (exact) mass is 427 g/mol. The van der Waals surface area contributed by atoms with Gasteiger partial charge in [-0.1, -0.05) is 31.9 Å². The molecule has 2 aliphatic heterocycles. The number of benzene rings is 1. The third kappa shape index (κ3) is 5.26. The Morgan fingerprint density at radius 2 is 1.79 bits per heavy atom. The van der Waals surface area contributed by atoms with E-state index in [1.807, 2.05) is 0 Å². The molecule has 2 aliphatic rings. The van der Waals surface area contributed by atoms with Gasteiger partial charge in [0.1, 0.15) is 0 Å². The molecule has 1 aromatic carbocycles. The molecule has 2 heterocycles. The van der Waals surface area contributed by atoms with E-state index < -0.39 is 10.0 Å². The van der Waals surface area contributed by atoms with E-state index in [1.54, 1.807) is 6.07 Å². The van der Waals surface area contributed by atoms with Crippen LogP contribution in [0.25, 0.3) is 0 Å². The van der Waals surface area contributed by atoms with Crippen LogP contribution in [0.2, 0.25) is 5.02 Å². The molecule has 28 heavy (non-hydrogen) atoms. The number of piperidine rings is 2. The van der Waals surface area contributed by atoms with Gasteiger partial charge in [-0.25, -0.2) is 8.42 Å². The third-order valence-corrected chi connectivity index (χ3v) is 7.70. The molecule has 0 unspecified atom stereocenters. The Morgan fingerprint density at radius 1 is 1.14 bits per heavy atom. The lowest BCUT2D eigenvalue weighted by atomic mass is 9.92. The number of nitrogens with zero attached hydrogens (tertiary/aromatic N) is 2. The summed E-state index contributed by atoms with van der Waals surface area (Å²) < 4.78 is 27.3. The fourth-order valence-electron chi connectivity index (χ4n) is 4.33. The average molecular weight is 428 g/mol. The molecule has 8 heteroatoms. The van der Waals surface area contributed by atoms with Crippen LogP contribution in [0.4, 0.5) is 5.69 Å². The number of carbonyl (C=O) groups excluding carboxylic acids is 1. The van der Waals surface area contributed by atoms with Gasteiger partial charge in [-0.05, 0) is 49.3 Å². The van der Waals surface area contributed by atoms with Crippen LogP contribution in [-0.2, 0) is 14.8 Å².